The van der Waals surface area contributed by atoms with Crippen LogP contribution in [0.1, 0.15) is 39.6 Å². The maximum Gasteiger partial charge on any atom is 0.276 e. The summed E-state index contributed by atoms with van der Waals surface area (Å²) in [6.07, 6.45) is 0.501. The molecule has 2 heterocycles. The average Bonchev–Trinajstić information content (AvgIpc) is 3.29. The summed E-state index contributed by atoms with van der Waals surface area (Å²) in [4.78, 5) is 12.9. The molecule has 1 N–H and O–H groups in total. The Bertz CT molecular complexity index is 1210. The number of rotatable bonds is 4. The summed E-state index contributed by atoms with van der Waals surface area (Å²) < 4.78 is 25.8. The standard InChI is InChI=1S/C23H25N3O3S/c1-15-4-8-19(9-5-15)24-23(27)21-13-22(18-7-6-16(2)17(3)12-18)26(25-21)20-10-11-30(28,29)14-20/h4-9,12-13,20H,10-11,14H2,1-3H3,(H,24,27). The minimum absolute atomic E-state index is 0.0472. The van der Waals surface area contributed by atoms with E-state index in [4.69, 9.17) is 0 Å². The zero-order valence-electron chi connectivity index (χ0n) is 17.3. The van der Waals surface area contributed by atoms with Crippen molar-refractivity contribution < 1.29 is 13.2 Å². The molecule has 0 radical (unpaired) electrons. The Morgan fingerprint density at radius 3 is 2.40 bits per heavy atom. The van der Waals surface area contributed by atoms with Gasteiger partial charge in [0.15, 0.2) is 15.5 Å². The van der Waals surface area contributed by atoms with Crippen molar-refractivity contribution in [2.24, 2.45) is 0 Å². The van der Waals surface area contributed by atoms with Gasteiger partial charge in [0.2, 0.25) is 0 Å². The Balaban J connectivity index is 1.72. The van der Waals surface area contributed by atoms with Gasteiger partial charge in [-0.2, -0.15) is 5.10 Å². The Hall–Kier alpha value is -2.93. The first-order chi connectivity index (χ1) is 14.2. The highest BCUT2D eigenvalue weighted by Gasteiger charge is 2.32. The van der Waals surface area contributed by atoms with Crippen LogP contribution >= 0.6 is 0 Å². The highest BCUT2D eigenvalue weighted by atomic mass is 32.2. The molecule has 4 rings (SSSR count). The number of sulfone groups is 1. The first-order valence-corrected chi connectivity index (χ1v) is 11.8. The van der Waals surface area contributed by atoms with Gasteiger partial charge >= 0.3 is 0 Å². The minimum Gasteiger partial charge on any atom is -0.321 e. The molecule has 1 aliphatic heterocycles. The van der Waals surface area contributed by atoms with Gasteiger partial charge < -0.3 is 5.32 Å². The van der Waals surface area contributed by atoms with E-state index in [0.717, 1.165) is 22.4 Å². The predicted octanol–water partition coefficient (Wildman–Crippen LogP) is 4.09. The van der Waals surface area contributed by atoms with Crippen molar-refractivity contribution in [3.63, 3.8) is 0 Å². The number of amides is 1. The Kier molecular flexibility index (Phi) is 5.24. The molecule has 0 bridgehead atoms. The van der Waals surface area contributed by atoms with E-state index in [1.807, 2.05) is 63.2 Å². The smallest absolute Gasteiger partial charge is 0.276 e. The van der Waals surface area contributed by atoms with Crippen molar-refractivity contribution in [2.75, 3.05) is 16.8 Å². The second-order valence-corrected chi connectivity index (χ2v) is 10.3. The number of aryl methyl sites for hydroxylation is 3. The molecule has 6 nitrogen and oxygen atoms in total. The topological polar surface area (TPSA) is 81.1 Å². The van der Waals surface area contributed by atoms with Crippen LogP contribution in [0.25, 0.3) is 11.3 Å². The highest BCUT2D eigenvalue weighted by molar-refractivity contribution is 7.91. The van der Waals surface area contributed by atoms with Crippen molar-refractivity contribution in [3.05, 3.63) is 70.9 Å². The summed E-state index contributed by atoms with van der Waals surface area (Å²) in [7, 11) is -3.08. The third-order valence-corrected chi connectivity index (χ3v) is 7.39. The first kappa shape index (κ1) is 20.3. The van der Waals surface area contributed by atoms with Crippen LogP contribution in [0.15, 0.2) is 48.5 Å². The Labute approximate surface area is 176 Å². The number of anilines is 1. The number of carbonyl (C=O) groups excluding carboxylic acids is 1. The normalized spacial score (nSPS) is 17.8. The van der Waals surface area contributed by atoms with Gasteiger partial charge in [0.1, 0.15) is 0 Å². The van der Waals surface area contributed by atoms with Gasteiger partial charge in [-0.3, -0.25) is 9.48 Å². The fourth-order valence-electron chi connectivity index (χ4n) is 3.70. The van der Waals surface area contributed by atoms with Crippen molar-refractivity contribution in [2.45, 2.75) is 33.2 Å². The van der Waals surface area contributed by atoms with Crippen LogP contribution in [-0.4, -0.2) is 35.6 Å². The van der Waals surface area contributed by atoms with Gasteiger partial charge in [0.25, 0.3) is 5.91 Å². The van der Waals surface area contributed by atoms with Gasteiger partial charge in [-0.25, -0.2) is 8.42 Å². The molecule has 1 saturated heterocycles. The van der Waals surface area contributed by atoms with E-state index in [1.54, 1.807) is 10.7 Å². The molecule has 2 aromatic carbocycles. The second-order valence-electron chi connectivity index (χ2n) is 8.04. The van der Waals surface area contributed by atoms with Gasteiger partial charge in [0, 0.05) is 11.3 Å². The van der Waals surface area contributed by atoms with Gasteiger partial charge in [-0.05, 0) is 62.6 Å². The van der Waals surface area contributed by atoms with E-state index in [9.17, 15) is 13.2 Å². The van der Waals surface area contributed by atoms with Crippen LogP contribution in [-0.2, 0) is 9.84 Å². The summed E-state index contributed by atoms with van der Waals surface area (Å²) >= 11 is 0. The summed E-state index contributed by atoms with van der Waals surface area (Å²) in [5.74, 6) is -0.121. The Morgan fingerprint density at radius 1 is 1.03 bits per heavy atom. The molecule has 0 saturated carbocycles. The number of hydrogen-bond acceptors (Lipinski definition) is 4. The minimum atomic E-state index is -3.08. The van der Waals surface area contributed by atoms with Crippen LogP contribution in [0.4, 0.5) is 5.69 Å². The SMILES string of the molecule is Cc1ccc(NC(=O)c2cc(-c3ccc(C)c(C)c3)n(C3CCS(=O)(=O)C3)n2)cc1. The molecule has 1 amide bonds. The van der Waals surface area contributed by atoms with E-state index < -0.39 is 9.84 Å². The fourth-order valence-corrected chi connectivity index (χ4v) is 5.39. The van der Waals surface area contributed by atoms with E-state index in [2.05, 4.69) is 10.4 Å². The number of carbonyl (C=O) groups is 1. The number of aromatic nitrogens is 2. The van der Waals surface area contributed by atoms with Gasteiger partial charge in [-0.15, -0.1) is 0 Å². The molecule has 1 aliphatic rings. The largest absolute Gasteiger partial charge is 0.321 e. The fraction of sp³-hybridized carbons (Fsp3) is 0.304. The van der Waals surface area contributed by atoms with Crippen molar-refractivity contribution >= 4 is 21.4 Å². The van der Waals surface area contributed by atoms with Gasteiger partial charge in [-0.1, -0.05) is 29.8 Å². The van der Waals surface area contributed by atoms with Crippen LogP contribution in [0, 0.1) is 20.8 Å². The van der Waals surface area contributed by atoms with Crippen LogP contribution in [0.3, 0.4) is 0 Å². The number of nitrogens with one attached hydrogen (secondary N) is 1. The molecule has 7 heteroatoms. The number of benzene rings is 2. The van der Waals surface area contributed by atoms with Gasteiger partial charge in [0.05, 0.1) is 23.2 Å². The maximum absolute atomic E-state index is 12.9. The molecule has 1 fully saturated rings. The molecule has 0 spiro atoms. The van der Waals surface area contributed by atoms with E-state index in [0.29, 0.717) is 12.1 Å². The van der Waals surface area contributed by atoms with Crippen molar-refractivity contribution in [3.8, 4) is 11.3 Å². The molecule has 156 valence electrons. The lowest BCUT2D eigenvalue weighted by Gasteiger charge is -2.14. The summed E-state index contributed by atoms with van der Waals surface area (Å²) in [5.41, 5.74) is 6.05. The quantitative estimate of drug-likeness (QED) is 0.685. The van der Waals surface area contributed by atoms with E-state index >= 15 is 0 Å². The molecular weight excluding hydrogens is 398 g/mol. The Morgan fingerprint density at radius 2 is 1.77 bits per heavy atom. The first-order valence-electron chi connectivity index (χ1n) is 9.97. The number of hydrogen-bond donors (Lipinski definition) is 1. The third kappa shape index (κ3) is 4.16. The maximum atomic E-state index is 12.9. The van der Waals surface area contributed by atoms with E-state index in [-0.39, 0.29) is 29.1 Å². The molecule has 30 heavy (non-hydrogen) atoms. The summed E-state index contributed by atoms with van der Waals surface area (Å²) in [5, 5.41) is 7.41. The number of nitrogens with zero attached hydrogens (tertiary/aromatic N) is 2. The molecule has 1 aromatic heterocycles. The average molecular weight is 424 g/mol. The highest BCUT2D eigenvalue weighted by Crippen LogP contribution is 2.31. The lowest BCUT2D eigenvalue weighted by atomic mass is 10.0. The molecule has 3 aromatic rings. The van der Waals surface area contributed by atoms with E-state index in [1.165, 1.54) is 5.56 Å². The van der Waals surface area contributed by atoms with Crippen LogP contribution < -0.4 is 5.32 Å². The predicted molar refractivity (Wildman–Crippen MR) is 119 cm³/mol. The second kappa shape index (κ2) is 7.72. The third-order valence-electron chi connectivity index (χ3n) is 5.63. The molecule has 0 aliphatic carbocycles. The molecule has 1 unspecified atom stereocenters. The lowest BCUT2D eigenvalue weighted by Crippen LogP contribution is -2.16. The van der Waals surface area contributed by atoms with Crippen molar-refractivity contribution in [1.29, 1.82) is 0 Å². The summed E-state index contributed by atoms with van der Waals surface area (Å²) in [6, 6.07) is 15.1. The van der Waals surface area contributed by atoms with Crippen LogP contribution in [0.5, 0.6) is 0 Å². The molecular formula is C23H25N3O3S. The monoisotopic (exact) mass is 423 g/mol. The zero-order chi connectivity index (χ0) is 21.5. The van der Waals surface area contributed by atoms with Crippen LogP contribution in [0.2, 0.25) is 0 Å². The molecule has 1 atom stereocenters. The lowest BCUT2D eigenvalue weighted by molar-refractivity contribution is 0.102. The summed E-state index contributed by atoms with van der Waals surface area (Å²) in [6.45, 7) is 6.06. The van der Waals surface area contributed by atoms with Crippen molar-refractivity contribution in [1.82, 2.24) is 9.78 Å². The zero-order valence-corrected chi connectivity index (χ0v) is 18.2.